The van der Waals surface area contributed by atoms with E-state index in [4.69, 9.17) is 16.0 Å². The van der Waals surface area contributed by atoms with Gasteiger partial charge in [-0.05, 0) is 23.8 Å². The lowest BCUT2D eigenvalue weighted by molar-refractivity contribution is -0.384. The Hall–Kier alpha value is -2.60. The molecule has 0 spiro atoms. The molecule has 0 fully saturated rings. The lowest BCUT2D eigenvalue weighted by Crippen LogP contribution is -2.19. The number of halogens is 1. The van der Waals surface area contributed by atoms with Gasteiger partial charge < -0.3 is 8.98 Å². The monoisotopic (exact) mass is 304 g/mol. The Morgan fingerprint density at radius 3 is 2.81 bits per heavy atom. The highest BCUT2D eigenvalue weighted by molar-refractivity contribution is 6.31. The summed E-state index contributed by atoms with van der Waals surface area (Å²) in [6.45, 7) is 0.233. The van der Waals surface area contributed by atoms with Crippen molar-refractivity contribution in [3.8, 4) is 0 Å². The number of benzene rings is 1. The fourth-order valence-electron chi connectivity index (χ4n) is 2.09. The third kappa shape index (κ3) is 2.41. The van der Waals surface area contributed by atoms with E-state index in [2.05, 4.69) is 0 Å². The van der Waals surface area contributed by atoms with E-state index in [-0.39, 0.29) is 22.8 Å². The molecule has 2 aromatic heterocycles. The summed E-state index contributed by atoms with van der Waals surface area (Å²) >= 11 is 6.03. The van der Waals surface area contributed by atoms with Gasteiger partial charge >= 0.3 is 0 Å². The first-order valence-corrected chi connectivity index (χ1v) is 6.43. The zero-order valence-corrected chi connectivity index (χ0v) is 11.4. The molecular formula is C14H9ClN2O4. The van der Waals surface area contributed by atoms with Crippen molar-refractivity contribution in [2.75, 3.05) is 0 Å². The van der Waals surface area contributed by atoms with Crippen LogP contribution < -0.4 is 5.56 Å². The zero-order valence-electron chi connectivity index (χ0n) is 10.7. The number of rotatable bonds is 3. The number of hydrogen-bond donors (Lipinski definition) is 0. The summed E-state index contributed by atoms with van der Waals surface area (Å²) in [5.74, 6) is 0. The SMILES string of the molecule is O=c1c2ccoc2ccn1Cc1ccc([N+](=O)[O-])cc1Cl. The summed E-state index contributed by atoms with van der Waals surface area (Å²) in [5, 5.41) is 11.4. The van der Waals surface area contributed by atoms with Gasteiger partial charge in [-0.3, -0.25) is 14.9 Å². The van der Waals surface area contributed by atoms with Crippen molar-refractivity contribution in [1.29, 1.82) is 0 Å². The second-order valence-corrected chi connectivity index (χ2v) is 4.89. The van der Waals surface area contributed by atoms with Crippen molar-refractivity contribution in [3.63, 3.8) is 0 Å². The minimum atomic E-state index is -0.515. The van der Waals surface area contributed by atoms with E-state index in [0.717, 1.165) is 0 Å². The van der Waals surface area contributed by atoms with Gasteiger partial charge in [-0.25, -0.2) is 0 Å². The van der Waals surface area contributed by atoms with Crippen LogP contribution in [0.2, 0.25) is 5.02 Å². The molecule has 0 unspecified atom stereocenters. The fourth-order valence-corrected chi connectivity index (χ4v) is 2.33. The van der Waals surface area contributed by atoms with Gasteiger partial charge in [0.2, 0.25) is 0 Å². The molecule has 0 aliphatic carbocycles. The maximum atomic E-state index is 12.2. The van der Waals surface area contributed by atoms with E-state index in [1.807, 2.05) is 0 Å². The van der Waals surface area contributed by atoms with E-state index < -0.39 is 4.92 Å². The van der Waals surface area contributed by atoms with Gasteiger partial charge in [0.15, 0.2) is 0 Å². The molecular weight excluding hydrogens is 296 g/mol. The number of pyridine rings is 1. The van der Waals surface area contributed by atoms with Crippen molar-refractivity contribution in [2.45, 2.75) is 6.54 Å². The van der Waals surface area contributed by atoms with Crippen molar-refractivity contribution in [3.05, 3.63) is 73.8 Å². The first kappa shape index (κ1) is 13.4. The van der Waals surface area contributed by atoms with Crippen LogP contribution in [0.25, 0.3) is 11.0 Å². The Balaban J connectivity index is 2.00. The summed E-state index contributed by atoms with van der Waals surface area (Å²) in [7, 11) is 0. The fraction of sp³-hybridized carbons (Fsp3) is 0.0714. The Labute approximate surface area is 123 Å². The summed E-state index contributed by atoms with van der Waals surface area (Å²) in [5.41, 5.74) is 0.871. The molecule has 1 aromatic carbocycles. The molecule has 0 saturated carbocycles. The molecule has 0 bridgehead atoms. The molecule has 21 heavy (non-hydrogen) atoms. The van der Waals surface area contributed by atoms with Crippen molar-refractivity contribution in [2.24, 2.45) is 0 Å². The van der Waals surface area contributed by atoms with E-state index >= 15 is 0 Å². The number of aromatic nitrogens is 1. The van der Waals surface area contributed by atoms with Crippen LogP contribution in [0.1, 0.15) is 5.56 Å². The molecule has 106 valence electrons. The van der Waals surface area contributed by atoms with E-state index in [0.29, 0.717) is 16.5 Å². The van der Waals surface area contributed by atoms with Crippen LogP contribution in [-0.2, 0) is 6.54 Å². The predicted octanol–water partition coefficient (Wildman–Crippen LogP) is 3.20. The van der Waals surface area contributed by atoms with Gasteiger partial charge in [0.1, 0.15) is 5.58 Å². The second-order valence-electron chi connectivity index (χ2n) is 4.48. The van der Waals surface area contributed by atoms with Crippen molar-refractivity contribution in [1.82, 2.24) is 4.57 Å². The average Bonchev–Trinajstić information content (AvgIpc) is 2.93. The molecule has 2 heterocycles. The quantitative estimate of drug-likeness (QED) is 0.550. The lowest BCUT2D eigenvalue weighted by atomic mass is 10.2. The smallest absolute Gasteiger partial charge is 0.270 e. The van der Waals surface area contributed by atoms with Crippen LogP contribution in [0.15, 0.2) is 52.0 Å². The molecule has 0 amide bonds. The third-order valence-corrected chi connectivity index (χ3v) is 3.53. The Morgan fingerprint density at radius 2 is 2.10 bits per heavy atom. The zero-order chi connectivity index (χ0) is 15.0. The topological polar surface area (TPSA) is 78.3 Å². The standard InChI is InChI=1S/C14H9ClN2O4/c15-12-7-10(17(19)20)2-1-9(12)8-16-5-3-13-11(14(16)18)4-6-21-13/h1-7H,8H2. The minimum Gasteiger partial charge on any atom is -0.464 e. The largest absolute Gasteiger partial charge is 0.464 e. The van der Waals surface area contributed by atoms with Crippen molar-refractivity contribution >= 4 is 28.3 Å². The van der Waals surface area contributed by atoms with E-state index in [9.17, 15) is 14.9 Å². The summed E-state index contributed by atoms with van der Waals surface area (Å²) in [4.78, 5) is 22.4. The molecule has 0 aliphatic rings. The van der Waals surface area contributed by atoms with Crippen molar-refractivity contribution < 1.29 is 9.34 Å². The van der Waals surface area contributed by atoms with Gasteiger partial charge in [0.25, 0.3) is 11.2 Å². The predicted molar refractivity (Wildman–Crippen MR) is 77.7 cm³/mol. The molecule has 0 radical (unpaired) electrons. The number of nitrogens with zero attached hydrogens (tertiary/aromatic N) is 2. The summed E-state index contributed by atoms with van der Waals surface area (Å²) in [6, 6.07) is 7.48. The van der Waals surface area contributed by atoms with Crippen LogP contribution in [0.3, 0.4) is 0 Å². The van der Waals surface area contributed by atoms with E-state index in [1.165, 1.54) is 23.0 Å². The molecule has 3 rings (SSSR count). The van der Waals surface area contributed by atoms with Crippen LogP contribution in [0, 0.1) is 10.1 Å². The highest BCUT2D eigenvalue weighted by Gasteiger charge is 2.11. The number of fused-ring (bicyclic) bond motifs is 1. The minimum absolute atomic E-state index is 0.0821. The number of nitro benzene ring substituents is 1. The highest BCUT2D eigenvalue weighted by Crippen LogP contribution is 2.23. The number of non-ortho nitro benzene ring substituents is 1. The molecule has 0 aliphatic heterocycles. The number of furan rings is 1. The van der Waals surface area contributed by atoms with Gasteiger partial charge in [0.05, 0.1) is 28.1 Å². The maximum absolute atomic E-state index is 12.2. The average molecular weight is 305 g/mol. The van der Waals surface area contributed by atoms with Crippen LogP contribution in [0.4, 0.5) is 5.69 Å². The molecule has 0 saturated heterocycles. The van der Waals surface area contributed by atoms with Crippen LogP contribution in [-0.4, -0.2) is 9.49 Å². The van der Waals surface area contributed by atoms with E-state index in [1.54, 1.807) is 24.4 Å². The lowest BCUT2D eigenvalue weighted by Gasteiger charge is -2.07. The number of nitro groups is 1. The van der Waals surface area contributed by atoms with Crippen LogP contribution >= 0.6 is 11.6 Å². The normalized spacial score (nSPS) is 10.9. The highest BCUT2D eigenvalue weighted by atomic mass is 35.5. The molecule has 3 aromatic rings. The Bertz CT molecular complexity index is 897. The van der Waals surface area contributed by atoms with Gasteiger partial charge in [-0.2, -0.15) is 0 Å². The third-order valence-electron chi connectivity index (χ3n) is 3.18. The summed E-state index contributed by atoms with van der Waals surface area (Å²) < 4.78 is 6.63. The molecule has 7 heteroatoms. The second kappa shape index (κ2) is 5.06. The Morgan fingerprint density at radius 1 is 1.29 bits per heavy atom. The number of hydrogen-bond acceptors (Lipinski definition) is 4. The van der Waals surface area contributed by atoms with Crippen LogP contribution in [0.5, 0.6) is 0 Å². The Kier molecular flexibility index (Phi) is 3.23. The first-order chi connectivity index (χ1) is 10.1. The summed E-state index contributed by atoms with van der Waals surface area (Å²) in [6.07, 6.45) is 3.06. The molecule has 6 nitrogen and oxygen atoms in total. The maximum Gasteiger partial charge on any atom is 0.270 e. The van der Waals surface area contributed by atoms with Gasteiger partial charge in [-0.15, -0.1) is 0 Å². The van der Waals surface area contributed by atoms with Gasteiger partial charge in [-0.1, -0.05) is 11.6 Å². The molecule has 0 atom stereocenters. The first-order valence-electron chi connectivity index (χ1n) is 6.06. The van der Waals surface area contributed by atoms with Gasteiger partial charge in [0, 0.05) is 18.3 Å². The molecule has 0 N–H and O–H groups in total.